The van der Waals surface area contributed by atoms with Crippen LogP contribution >= 0.6 is 0 Å². The molecule has 3 heteroatoms. The first-order valence-electron chi connectivity index (χ1n) is 10.3. The highest BCUT2D eigenvalue weighted by Crippen LogP contribution is 2.35. The third-order valence-corrected chi connectivity index (χ3v) is 5.54. The lowest BCUT2D eigenvalue weighted by atomic mass is 9.95. The van der Waals surface area contributed by atoms with E-state index in [1.165, 1.54) is 29.8 Å². The number of benzene rings is 2. The zero-order valence-electron chi connectivity index (χ0n) is 17.4. The van der Waals surface area contributed by atoms with Crippen molar-refractivity contribution in [2.45, 2.75) is 26.7 Å². The molecule has 2 aromatic rings. The SMILES string of the molecule is C=CC=C(c1ccc(N2CCCC2)cc1)c1ccc(N(CC)CC)cc1OC. The van der Waals surface area contributed by atoms with Crippen molar-refractivity contribution >= 4 is 16.9 Å². The molecule has 1 fully saturated rings. The number of anilines is 2. The Balaban J connectivity index is 1.95. The van der Waals surface area contributed by atoms with Gasteiger partial charge in [-0.25, -0.2) is 0 Å². The van der Waals surface area contributed by atoms with Gasteiger partial charge >= 0.3 is 0 Å². The molecule has 1 aliphatic heterocycles. The van der Waals surface area contributed by atoms with Crippen molar-refractivity contribution < 1.29 is 4.74 Å². The molecular formula is C25H32N2O. The van der Waals surface area contributed by atoms with Crippen molar-refractivity contribution in [1.29, 1.82) is 0 Å². The Morgan fingerprint density at radius 1 is 1.07 bits per heavy atom. The van der Waals surface area contributed by atoms with E-state index in [2.05, 4.69) is 78.8 Å². The molecule has 0 radical (unpaired) electrons. The third-order valence-electron chi connectivity index (χ3n) is 5.54. The molecule has 0 unspecified atom stereocenters. The summed E-state index contributed by atoms with van der Waals surface area (Å²) in [7, 11) is 1.74. The van der Waals surface area contributed by atoms with E-state index in [0.29, 0.717) is 0 Å². The predicted molar refractivity (Wildman–Crippen MR) is 122 cm³/mol. The second-order valence-corrected chi connectivity index (χ2v) is 7.11. The van der Waals surface area contributed by atoms with Crippen LogP contribution in [0.2, 0.25) is 0 Å². The number of nitrogens with zero attached hydrogens (tertiary/aromatic N) is 2. The second kappa shape index (κ2) is 9.50. The molecule has 0 N–H and O–H groups in total. The Morgan fingerprint density at radius 3 is 2.32 bits per heavy atom. The molecule has 148 valence electrons. The Labute approximate surface area is 169 Å². The topological polar surface area (TPSA) is 15.7 Å². The zero-order chi connectivity index (χ0) is 19.9. The number of hydrogen-bond acceptors (Lipinski definition) is 3. The van der Waals surface area contributed by atoms with Gasteiger partial charge in [-0.3, -0.25) is 0 Å². The smallest absolute Gasteiger partial charge is 0.128 e. The monoisotopic (exact) mass is 376 g/mol. The summed E-state index contributed by atoms with van der Waals surface area (Å²) in [5, 5.41) is 0. The Bertz CT molecular complexity index is 813. The maximum Gasteiger partial charge on any atom is 0.128 e. The van der Waals surface area contributed by atoms with Gasteiger partial charge in [-0.15, -0.1) is 0 Å². The maximum atomic E-state index is 5.77. The molecule has 3 rings (SSSR count). The third kappa shape index (κ3) is 4.24. The normalized spacial score (nSPS) is 14.2. The lowest BCUT2D eigenvalue weighted by Crippen LogP contribution is -2.21. The van der Waals surface area contributed by atoms with Crippen LogP contribution in [0, 0.1) is 0 Å². The molecule has 0 saturated carbocycles. The van der Waals surface area contributed by atoms with Crippen LogP contribution in [0.4, 0.5) is 11.4 Å². The van der Waals surface area contributed by atoms with Crippen molar-refractivity contribution in [2.24, 2.45) is 0 Å². The van der Waals surface area contributed by atoms with Crippen molar-refractivity contribution in [2.75, 3.05) is 43.1 Å². The maximum absolute atomic E-state index is 5.77. The van der Waals surface area contributed by atoms with E-state index in [-0.39, 0.29) is 0 Å². The Kier molecular flexibility index (Phi) is 6.80. The highest BCUT2D eigenvalue weighted by Gasteiger charge is 2.15. The molecule has 2 aromatic carbocycles. The Hall–Kier alpha value is -2.68. The van der Waals surface area contributed by atoms with Crippen LogP contribution in [0.15, 0.2) is 61.2 Å². The summed E-state index contributed by atoms with van der Waals surface area (Å²) in [5.41, 5.74) is 5.89. The fourth-order valence-corrected chi connectivity index (χ4v) is 3.97. The molecule has 0 aliphatic carbocycles. The van der Waals surface area contributed by atoms with Gasteiger partial charge in [-0.2, -0.15) is 0 Å². The molecule has 3 nitrogen and oxygen atoms in total. The van der Waals surface area contributed by atoms with Gasteiger partial charge in [0.1, 0.15) is 5.75 Å². The number of rotatable bonds is 8. The summed E-state index contributed by atoms with van der Waals surface area (Å²) in [6.45, 7) is 12.6. The minimum absolute atomic E-state index is 0.890. The summed E-state index contributed by atoms with van der Waals surface area (Å²) >= 11 is 0. The molecule has 1 saturated heterocycles. The first-order chi connectivity index (χ1) is 13.7. The number of ether oxygens (including phenoxy) is 1. The fourth-order valence-electron chi connectivity index (χ4n) is 3.97. The van der Waals surface area contributed by atoms with Gasteiger partial charge in [0.15, 0.2) is 0 Å². The largest absolute Gasteiger partial charge is 0.496 e. The lowest BCUT2D eigenvalue weighted by Gasteiger charge is -2.23. The molecule has 0 spiro atoms. The van der Waals surface area contributed by atoms with E-state index < -0.39 is 0 Å². The average Bonchev–Trinajstić information content (AvgIpc) is 3.28. The van der Waals surface area contributed by atoms with Crippen molar-refractivity contribution in [3.8, 4) is 5.75 Å². The number of methoxy groups -OCH3 is 1. The van der Waals surface area contributed by atoms with Crippen LogP contribution in [0.5, 0.6) is 5.75 Å². The van der Waals surface area contributed by atoms with Crippen LogP contribution in [-0.4, -0.2) is 33.3 Å². The molecule has 0 atom stereocenters. The number of allylic oxidation sites excluding steroid dienone is 2. The van der Waals surface area contributed by atoms with E-state index in [0.717, 1.165) is 43.1 Å². The summed E-state index contributed by atoms with van der Waals surface area (Å²) in [5.74, 6) is 0.890. The summed E-state index contributed by atoms with van der Waals surface area (Å²) in [6, 6.07) is 15.4. The lowest BCUT2D eigenvalue weighted by molar-refractivity contribution is 0.413. The van der Waals surface area contributed by atoms with Crippen LogP contribution in [0.3, 0.4) is 0 Å². The Morgan fingerprint density at radius 2 is 1.75 bits per heavy atom. The van der Waals surface area contributed by atoms with Crippen LogP contribution in [0.25, 0.3) is 5.57 Å². The standard InChI is InChI=1S/C25H32N2O/c1-5-10-23(20-11-13-21(14-12-20)27-17-8-9-18-27)24-16-15-22(19-25(24)28-4)26(6-2)7-3/h5,10-16,19H,1,6-9,17-18H2,2-4H3. The van der Waals surface area contributed by atoms with Crippen LogP contribution in [-0.2, 0) is 0 Å². The van der Waals surface area contributed by atoms with Gasteiger partial charge in [0.05, 0.1) is 7.11 Å². The van der Waals surface area contributed by atoms with Crippen LogP contribution < -0.4 is 14.5 Å². The van der Waals surface area contributed by atoms with Gasteiger partial charge in [0, 0.05) is 49.2 Å². The second-order valence-electron chi connectivity index (χ2n) is 7.11. The minimum atomic E-state index is 0.890. The van der Waals surface area contributed by atoms with E-state index in [4.69, 9.17) is 4.74 Å². The van der Waals surface area contributed by atoms with Crippen LogP contribution in [0.1, 0.15) is 37.8 Å². The van der Waals surface area contributed by atoms with E-state index in [1.807, 2.05) is 6.08 Å². The molecule has 0 bridgehead atoms. The highest BCUT2D eigenvalue weighted by molar-refractivity contribution is 5.85. The zero-order valence-corrected chi connectivity index (χ0v) is 17.4. The highest BCUT2D eigenvalue weighted by atomic mass is 16.5. The predicted octanol–water partition coefficient (Wildman–Crippen LogP) is 5.76. The average molecular weight is 377 g/mol. The first kappa shape index (κ1) is 20.1. The van der Waals surface area contributed by atoms with Crippen molar-refractivity contribution in [3.05, 3.63) is 72.3 Å². The molecule has 0 amide bonds. The van der Waals surface area contributed by atoms with Crippen molar-refractivity contribution in [1.82, 2.24) is 0 Å². The fraction of sp³-hybridized carbons (Fsp3) is 0.360. The van der Waals surface area contributed by atoms with E-state index in [1.54, 1.807) is 7.11 Å². The van der Waals surface area contributed by atoms with Gasteiger partial charge in [-0.05, 0) is 62.1 Å². The molecule has 28 heavy (non-hydrogen) atoms. The van der Waals surface area contributed by atoms with E-state index >= 15 is 0 Å². The van der Waals surface area contributed by atoms with Gasteiger partial charge in [-0.1, -0.05) is 30.9 Å². The van der Waals surface area contributed by atoms with E-state index in [9.17, 15) is 0 Å². The molecular weight excluding hydrogens is 344 g/mol. The van der Waals surface area contributed by atoms with Gasteiger partial charge in [0.2, 0.25) is 0 Å². The minimum Gasteiger partial charge on any atom is -0.496 e. The molecule has 1 heterocycles. The molecule has 1 aliphatic rings. The quantitative estimate of drug-likeness (QED) is 0.545. The number of hydrogen-bond donors (Lipinski definition) is 0. The first-order valence-corrected chi connectivity index (χ1v) is 10.3. The van der Waals surface area contributed by atoms with Gasteiger partial charge in [0.25, 0.3) is 0 Å². The summed E-state index contributed by atoms with van der Waals surface area (Å²) < 4.78 is 5.77. The summed E-state index contributed by atoms with van der Waals surface area (Å²) in [6.07, 6.45) is 6.50. The van der Waals surface area contributed by atoms with Crippen molar-refractivity contribution in [3.63, 3.8) is 0 Å². The summed E-state index contributed by atoms with van der Waals surface area (Å²) in [4.78, 5) is 4.79. The molecule has 0 aromatic heterocycles. The van der Waals surface area contributed by atoms with Gasteiger partial charge < -0.3 is 14.5 Å².